The molecule has 12 heteroatoms. The van der Waals surface area contributed by atoms with Gasteiger partial charge in [-0.15, -0.1) is 0 Å². The molecule has 0 spiro atoms. The number of nitrogens with zero attached hydrogens (tertiary/aromatic N) is 3. The molecule has 0 aromatic carbocycles. The summed E-state index contributed by atoms with van der Waals surface area (Å²) in [5, 5.41) is 0. The number of alkyl halides is 3. The summed E-state index contributed by atoms with van der Waals surface area (Å²) in [4.78, 5) is 20.3. The van der Waals surface area contributed by atoms with Gasteiger partial charge in [-0.25, -0.2) is 18.4 Å². The molecule has 0 atom stereocenters. The van der Waals surface area contributed by atoms with Crippen LogP contribution in [0.25, 0.3) is 0 Å². The lowest BCUT2D eigenvalue weighted by Gasteiger charge is -2.20. The standard InChI is InChI=1S/C15H14BrF3N4O3S/c1-3-27(25,26)11-4-8(15(17,18)19)6-22-13(11)14(24)23(2)10-7-21-12(16)5-9(10)20/h4-7H,3H2,1-2H3,(H2,20,21). The number of nitrogen functional groups attached to an aromatic ring is 1. The Hall–Kier alpha value is -2.21. The first kappa shape index (κ1) is 21.1. The number of carbonyl (C=O) groups excluding carboxylic acids is 1. The van der Waals surface area contributed by atoms with Crippen molar-refractivity contribution in [1.29, 1.82) is 0 Å². The van der Waals surface area contributed by atoms with Gasteiger partial charge in [-0.05, 0) is 28.1 Å². The molecule has 0 saturated carbocycles. The second-order valence-electron chi connectivity index (χ2n) is 5.40. The maximum atomic E-state index is 12.9. The van der Waals surface area contributed by atoms with Gasteiger partial charge >= 0.3 is 6.18 Å². The number of pyridine rings is 2. The molecule has 1 amide bonds. The number of sulfone groups is 1. The molecule has 0 fully saturated rings. The average Bonchev–Trinajstić information content (AvgIpc) is 2.59. The largest absolute Gasteiger partial charge is 0.417 e. The summed E-state index contributed by atoms with van der Waals surface area (Å²) < 4.78 is 63.8. The van der Waals surface area contributed by atoms with Crippen molar-refractivity contribution >= 4 is 43.0 Å². The molecule has 0 aliphatic heterocycles. The average molecular weight is 467 g/mol. The summed E-state index contributed by atoms with van der Waals surface area (Å²) in [6.07, 6.45) is -3.13. The zero-order chi connectivity index (χ0) is 20.6. The number of aromatic nitrogens is 2. The summed E-state index contributed by atoms with van der Waals surface area (Å²) in [5.74, 6) is -1.44. The second kappa shape index (κ2) is 7.43. The van der Waals surface area contributed by atoms with Crippen molar-refractivity contribution in [3.63, 3.8) is 0 Å². The number of hydrogen-bond acceptors (Lipinski definition) is 6. The van der Waals surface area contributed by atoms with Gasteiger partial charge in [0.1, 0.15) is 10.3 Å². The van der Waals surface area contributed by atoms with E-state index in [-0.39, 0.29) is 11.4 Å². The van der Waals surface area contributed by atoms with E-state index < -0.39 is 43.8 Å². The van der Waals surface area contributed by atoms with Crippen molar-refractivity contribution in [3.8, 4) is 0 Å². The van der Waals surface area contributed by atoms with Crippen LogP contribution in [0.2, 0.25) is 0 Å². The number of rotatable bonds is 4. The molecule has 0 unspecified atom stereocenters. The zero-order valence-corrected chi connectivity index (χ0v) is 16.5. The monoisotopic (exact) mass is 466 g/mol. The van der Waals surface area contributed by atoms with Crippen LogP contribution < -0.4 is 10.6 Å². The van der Waals surface area contributed by atoms with Gasteiger partial charge in [0, 0.05) is 13.2 Å². The first-order valence-electron chi connectivity index (χ1n) is 7.37. The fourth-order valence-corrected chi connectivity index (χ4v) is 3.54. The minimum absolute atomic E-state index is 0.143. The lowest BCUT2D eigenvalue weighted by Crippen LogP contribution is -2.30. The van der Waals surface area contributed by atoms with Crippen LogP contribution in [0.3, 0.4) is 0 Å². The Labute approximate surface area is 161 Å². The molecular formula is C15H14BrF3N4O3S. The molecule has 27 heavy (non-hydrogen) atoms. The van der Waals surface area contributed by atoms with Gasteiger partial charge in [-0.1, -0.05) is 6.92 Å². The lowest BCUT2D eigenvalue weighted by atomic mass is 10.2. The third-order valence-corrected chi connectivity index (χ3v) is 5.82. The minimum Gasteiger partial charge on any atom is -0.397 e. The molecule has 2 N–H and O–H groups in total. The number of amides is 1. The van der Waals surface area contributed by atoms with Crippen molar-refractivity contribution in [2.24, 2.45) is 0 Å². The van der Waals surface area contributed by atoms with Gasteiger partial charge in [0.05, 0.1) is 33.8 Å². The molecule has 0 bridgehead atoms. The van der Waals surface area contributed by atoms with Gasteiger partial charge in [-0.3, -0.25) is 4.79 Å². The first-order chi connectivity index (χ1) is 12.4. The minimum atomic E-state index is -4.81. The van der Waals surface area contributed by atoms with Gasteiger partial charge in [0.15, 0.2) is 9.84 Å². The van der Waals surface area contributed by atoms with Crippen LogP contribution in [0.4, 0.5) is 24.5 Å². The smallest absolute Gasteiger partial charge is 0.397 e. The van der Waals surface area contributed by atoms with Crippen LogP contribution in [0.15, 0.2) is 34.0 Å². The van der Waals surface area contributed by atoms with Crippen LogP contribution in [0, 0.1) is 0 Å². The van der Waals surface area contributed by atoms with E-state index in [0.29, 0.717) is 16.9 Å². The normalized spacial score (nSPS) is 12.1. The molecule has 0 aliphatic carbocycles. The summed E-state index contributed by atoms with van der Waals surface area (Å²) in [5.41, 5.74) is 4.22. The van der Waals surface area contributed by atoms with Crippen molar-refractivity contribution < 1.29 is 26.4 Å². The Kier molecular flexibility index (Phi) is 5.80. The highest BCUT2D eigenvalue weighted by molar-refractivity contribution is 9.10. The van der Waals surface area contributed by atoms with Gasteiger partial charge in [-0.2, -0.15) is 13.2 Å². The third-order valence-electron chi connectivity index (χ3n) is 3.64. The molecule has 7 nitrogen and oxygen atoms in total. The first-order valence-corrected chi connectivity index (χ1v) is 9.82. The Bertz CT molecular complexity index is 996. The molecule has 2 aromatic rings. The van der Waals surface area contributed by atoms with Gasteiger partial charge in [0.25, 0.3) is 5.91 Å². The number of anilines is 2. The maximum absolute atomic E-state index is 12.9. The maximum Gasteiger partial charge on any atom is 0.417 e. The second-order valence-corrected chi connectivity index (χ2v) is 8.46. The third kappa shape index (κ3) is 4.38. The summed E-state index contributed by atoms with van der Waals surface area (Å²) >= 11 is 3.11. The highest BCUT2D eigenvalue weighted by Gasteiger charge is 2.35. The SMILES string of the molecule is CCS(=O)(=O)c1cc(C(F)(F)F)cnc1C(=O)N(C)c1cnc(Br)cc1N. The summed E-state index contributed by atoms with van der Waals surface area (Å²) in [6.45, 7) is 1.25. The van der Waals surface area contributed by atoms with Crippen molar-refractivity contribution in [2.75, 3.05) is 23.4 Å². The van der Waals surface area contributed by atoms with E-state index in [9.17, 15) is 26.4 Å². The van der Waals surface area contributed by atoms with Crippen LogP contribution in [-0.2, 0) is 16.0 Å². The predicted molar refractivity (Wildman–Crippen MR) is 96.0 cm³/mol. The van der Waals surface area contributed by atoms with Crippen LogP contribution >= 0.6 is 15.9 Å². The number of hydrogen-bond donors (Lipinski definition) is 1. The number of halogens is 4. The Morgan fingerprint density at radius 2 is 1.89 bits per heavy atom. The zero-order valence-electron chi connectivity index (χ0n) is 14.1. The van der Waals surface area contributed by atoms with Crippen LogP contribution in [0.1, 0.15) is 23.0 Å². The Morgan fingerprint density at radius 1 is 1.26 bits per heavy atom. The highest BCUT2D eigenvalue weighted by Crippen LogP contribution is 2.32. The molecule has 146 valence electrons. The van der Waals surface area contributed by atoms with Crippen LogP contribution in [0.5, 0.6) is 0 Å². The molecule has 2 rings (SSSR count). The van der Waals surface area contributed by atoms with Gasteiger partial charge < -0.3 is 10.6 Å². The number of nitrogens with two attached hydrogens (primary N) is 1. The van der Waals surface area contributed by atoms with Crippen molar-refractivity contribution in [1.82, 2.24) is 9.97 Å². The predicted octanol–water partition coefficient (Wildman–Crippen LogP) is 2.91. The van der Waals surface area contributed by atoms with E-state index in [0.717, 1.165) is 4.90 Å². The lowest BCUT2D eigenvalue weighted by molar-refractivity contribution is -0.138. The number of carbonyl (C=O) groups is 1. The van der Waals surface area contributed by atoms with E-state index in [4.69, 9.17) is 5.73 Å². The fourth-order valence-electron chi connectivity index (χ4n) is 2.14. The molecule has 0 saturated heterocycles. The van der Waals surface area contributed by atoms with Crippen molar-refractivity contribution in [3.05, 3.63) is 40.4 Å². The molecule has 0 radical (unpaired) electrons. The highest BCUT2D eigenvalue weighted by atomic mass is 79.9. The van der Waals surface area contributed by atoms with E-state index in [1.54, 1.807) is 0 Å². The topological polar surface area (TPSA) is 106 Å². The van der Waals surface area contributed by atoms with Crippen molar-refractivity contribution in [2.45, 2.75) is 18.0 Å². The molecule has 2 aromatic heterocycles. The van der Waals surface area contributed by atoms with Crippen LogP contribution in [-0.4, -0.2) is 37.1 Å². The van der Waals surface area contributed by atoms with E-state index in [2.05, 4.69) is 25.9 Å². The molecular weight excluding hydrogens is 453 g/mol. The van der Waals surface area contributed by atoms with Gasteiger partial charge in [0.2, 0.25) is 0 Å². The molecule has 0 aliphatic rings. The Balaban J connectivity index is 2.61. The summed E-state index contributed by atoms with van der Waals surface area (Å²) in [6, 6.07) is 1.83. The van der Waals surface area contributed by atoms with E-state index in [1.165, 1.54) is 26.2 Å². The fraction of sp³-hybridized carbons (Fsp3) is 0.267. The van der Waals surface area contributed by atoms with E-state index in [1.807, 2.05) is 0 Å². The Morgan fingerprint density at radius 3 is 2.41 bits per heavy atom. The quantitative estimate of drug-likeness (QED) is 0.694. The van der Waals surface area contributed by atoms with E-state index >= 15 is 0 Å². The summed E-state index contributed by atoms with van der Waals surface area (Å²) in [7, 11) is -2.87. The molecule has 2 heterocycles.